The fourth-order valence-corrected chi connectivity index (χ4v) is 2.29. The van der Waals surface area contributed by atoms with Crippen LogP contribution < -0.4 is 5.32 Å². The van der Waals surface area contributed by atoms with Crippen molar-refractivity contribution in [3.05, 3.63) is 35.9 Å². The Balaban J connectivity index is 1.96. The highest BCUT2D eigenvalue weighted by atomic mass is 19.3. The van der Waals surface area contributed by atoms with Crippen LogP contribution in [0.4, 0.5) is 8.78 Å². The highest BCUT2D eigenvalue weighted by Crippen LogP contribution is 2.36. The minimum atomic E-state index is -2.28. The van der Waals surface area contributed by atoms with Crippen molar-refractivity contribution in [2.45, 2.75) is 31.4 Å². The van der Waals surface area contributed by atoms with Gasteiger partial charge in [0.1, 0.15) is 0 Å². The number of halogens is 2. The Hall–Kier alpha value is -1.00. The fraction of sp³-hybridized carbons (Fsp3) is 0.571. The van der Waals surface area contributed by atoms with Crippen LogP contribution in [0.1, 0.15) is 18.4 Å². The molecule has 0 aliphatic heterocycles. The van der Waals surface area contributed by atoms with E-state index in [-0.39, 0.29) is 12.1 Å². The number of hydrogen-bond acceptors (Lipinski definition) is 2. The topological polar surface area (TPSA) is 15.3 Å². The zero-order valence-electron chi connectivity index (χ0n) is 10.7. The maximum atomic E-state index is 12.6. The SMILES string of the molecule is CNC1(CN(Cc2ccccc2)CC(F)F)CC1. The summed E-state index contributed by atoms with van der Waals surface area (Å²) in [6, 6.07) is 9.80. The van der Waals surface area contributed by atoms with Crippen molar-refractivity contribution in [2.24, 2.45) is 0 Å². The molecule has 0 heterocycles. The maximum Gasteiger partial charge on any atom is 0.251 e. The van der Waals surface area contributed by atoms with Crippen molar-refractivity contribution >= 4 is 0 Å². The molecule has 0 bridgehead atoms. The zero-order valence-corrected chi connectivity index (χ0v) is 10.7. The number of nitrogens with one attached hydrogen (secondary N) is 1. The first-order valence-electron chi connectivity index (χ1n) is 6.37. The van der Waals surface area contributed by atoms with Crippen LogP contribution in [0.3, 0.4) is 0 Å². The van der Waals surface area contributed by atoms with Gasteiger partial charge >= 0.3 is 0 Å². The Kier molecular flexibility index (Phi) is 4.30. The summed E-state index contributed by atoms with van der Waals surface area (Å²) < 4.78 is 25.3. The summed E-state index contributed by atoms with van der Waals surface area (Å²) in [5, 5.41) is 3.26. The summed E-state index contributed by atoms with van der Waals surface area (Å²) in [6.45, 7) is 1.13. The lowest BCUT2D eigenvalue weighted by Gasteiger charge is -2.27. The normalized spacial score (nSPS) is 17.4. The number of alkyl halides is 2. The molecule has 1 aromatic carbocycles. The van der Waals surface area contributed by atoms with E-state index >= 15 is 0 Å². The molecule has 1 fully saturated rings. The number of benzene rings is 1. The van der Waals surface area contributed by atoms with E-state index in [9.17, 15) is 8.78 Å². The van der Waals surface area contributed by atoms with Gasteiger partial charge in [0, 0.05) is 18.6 Å². The highest BCUT2D eigenvalue weighted by Gasteiger charge is 2.42. The van der Waals surface area contributed by atoms with Crippen molar-refractivity contribution in [1.82, 2.24) is 10.2 Å². The van der Waals surface area contributed by atoms with Crippen LogP contribution >= 0.6 is 0 Å². The molecule has 18 heavy (non-hydrogen) atoms. The number of hydrogen-bond donors (Lipinski definition) is 1. The minimum absolute atomic E-state index is 0.0731. The third-order valence-corrected chi connectivity index (χ3v) is 3.56. The van der Waals surface area contributed by atoms with Gasteiger partial charge < -0.3 is 5.32 Å². The van der Waals surface area contributed by atoms with Crippen LogP contribution in [-0.2, 0) is 6.54 Å². The summed E-state index contributed by atoms with van der Waals surface area (Å²) >= 11 is 0. The smallest absolute Gasteiger partial charge is 0.251 e. The van der Waals surface area contributed by atoms with E-state index in [2.05, 4.69) is 5.32 Å². The Morgan fingerprint density at radius 2 is 1.94 bits per heavy atom. The first-order valence-corrected chi connectivity index (χ1v) is 6.37. The van der Waals surface area contributed by atoms with Crippen molar-refractivity contribution in [2.75, 3.05) is 20.1 Å². The van der Waals surface area contributed by atoms with Gasteiger partial charge in [-0.1, -0.05) is 30.3 Å². The van der Waals surface area contributed by atoms with Crippen LogP contribution in [0.2, 0.25) is 0 Å². The molecule has 1 saturated carbocycles. The minimum Gasteiger partial charge on any atom is -0.313 e. The molecule has 0 aromatic heterocycles. The van der Waals surface area contributed by atoms with Gasteiger partial charge in [0.2, 0.25) is 0 Å². The third-order valence-electron chi connectivity index (χ3n) is 3.56. The Labute approximate surface area is 107 Å². The van der Waals surface area contributed by atoms with E-state index in [0.29, 0.717) is 13.1 Å². The molecular formula is C14H20F2N2. The molecule has 2 rings (SSSR count). The summed E-state index contributed by atoms with van der Waals surface area (Å²) in [6.07, 6.45) is -0.114. The number of likely N-dealkylation sites (N-methyl/N-ethyl adjacent to an activating group) is 1. The van der Waals surface area contributed by atoms with Crippen molar-refractivity contribution in [3.8, 4) is 0 Å². The van der Waals surface area contributed by atoms with Crippen molar-refractivity contribution < 1.29 is 8.78 Å². The average Bonchev–Trinajstić information content (AvgIpc) is 3.10. The van der Waals surface area contributed by atoms with Crippen molar-refractivity contribution in [3.63, 3.8) is 0 Å². The van der Waals surface area contributed by atoms with E-state index in [4.69, 9.17) is 0 Å². The summed E-state index contributed by atoms with van der Waals surface area (Å²) in [5.41, 5.74) is 1.16. The van der Waals surface area contributed by atoms with Crippen LogP contribution in [0.25, 0.3) is 0 Å². The largest absolute Gasteiger partial charge is 0.313 e. The second kappa shape index (κ2) is 5.76. The molecule has 1 aromatic rings. The number of rotatable bonds is 7. The van der Waals surface area contributed by atoms with Gasteiger partial charge in [0.25, 0.3) is 6.43 Å². The first-order chi connectivity index (χ1) is 8.63. The average molecular weight is 254 g/mol. The van der Waals surface area contributed by atoms with E-state index in [1.165, 1.54) is 0 Å². The summed E-state index contributed by atoms with van der Waals surface area (Å²) in [7, 11) is 1.91. The third kappa shape index (κ3) is 3.75. The molecule has 100 valence electrons. The highest BCUT2D eigenvalue weighted by molar-refractivity contribution is 5.15. The molecule has 0 radical (unpaired) electrons. The molecule has 0 saturated heterocycles. The quantitative estimate of drug-likeness (QED) is 0.804. The summed E-state index contributed by atoms with van der Waals surface area (Å²) in [4.78, 5) is 1.85. The predicted molar refractivity (Wildman–Crippen MR) is 68.7 cm³/mol. The van der Waals surface area contributed by atoms with E-state index in [0.717, 1.165) is 18.4 Å². The van der Waals surface area contributed by atoms with E-state index in [1.54, 1.807) is 0 Å². The fourth-order valence-electron chi connectivity index (χ4n) is 2.29. The van der Waals surface area contributed by atoms with Crippen LogP contribution in [0.15, 0.2) is 30.3 Å². The molecule has 2 nitrogen and oxygen atoms in total. The lowest BCUT2D eigenvalue weighted by Crippen LogP contribution is -2.42. The maximum absolute atomic E-state index is 12.6. The lowest BCUT2D eigenvalue weighted by molar-refractivity contribution is 0.0780. The molecule has 0 atom stereocenters. The second-order valence-electron chi connectivity index (χ2n) is 5.08. The molecule has 0 spiro atoms. The van der Waals surface area contributed by atoms with Gasteiger partial charge in [-0.05, 0) is 25.5 Å². The molecule has 1 aliphatic rings. The van der Waals surface area contributed by atoms with Crippen molar-refractivity contribution in [1.29, 1.82) is 0 Å². The Bertz CT molecular complexity index is 363. The lowest BCUT2D eigenvalue weighted by atomic mass is 10.2. The van der Waals surface area contributed by atoms with Gasteiger partial charge in [0.05, 0.1) is 6.54 Å². The molecule has 0 amide bonds. The van der Waals surface area contributed by atoms with Crippen LogP contribution in [0.5, 0.6) is 0 Å². The zero-order chi connectivity index (χ0) is 13.0. The molecule has 1 aliphatic carbocycles. The van der Waals surface area contributed by atoms with E-state index in [1.807, 2.05) is 42.3 Å². The van der Waals surface area contributed by atoms with Gasteiger partial charge in [-0.2, -0.15) is 0 Å². The molecule has 4 heteroatoms. The summed E-state index contributed by atoms with van der Waals surface area (Å²) in [5.74, 6) is 0. The molecular weight excluding hydrogens is 234 g/mol. The first kappa shape index (κ1) is 13.4. The van der Waals surface area contributed by atoms with Gasteiger partial charge in [-0.3, -0.25) is 4.90 Å². The second-order valence-corrected chi connectivity index (χ2v) is 5.08. The Morgan fingerprint density at radius 3 is 2.44 bits per heavy atom. The van der Waals surface area contributed by atoms with Gasteiger partial charge in [-0.25, -0.2) is 8.78 Å². The van der Waals surface area contributed by atoms with Crippen LogP contribution in [0, 0.1) is 0 Å². The monoisotopic (exact) mass is 254 g/mol. The van der Waals surface area contributed by atoms with Gasteiger partial charge in [-0.15, -0.1) is 0 Å². The Morgan fingerprint density at radius 1 is 1.28 bits per heavy atom. The number of nitrogens with zero attached hydrogens (tertiary/aromatic N) is 1. The predicted octanol–water partition coefficient (Wildman–Crippen LogP) is 2.51. The van der Waals surface area contributed by atoms with Gasteiger partial charge in [0.15, 0.2) is 0 Å². The van der Waals surface area contributed by atoms with Crippen LogP contribution in [-0.4, -0.2) is 37.0 Å². The standard InChI is InChI=1S/C14H20F2N2/c1-17-14(7-8-14)11-18(10-13(15)16)9-12-5-3-2-4-6-12/h2-6,13,17H,7-11H2,1H3. The van der Waals surface area contributed by atoms with E-state index < -0.39 is 6.43 Å². The molecule has 1 N–H and O–H groups in total. The molecule has 0 unspecified atom stereocenters.